The summed E-state index contributed by atoms with van der Waals surface area (Å²) >= 11 is 0. The first-order chi connectivity index (χ1) is 15.6. The quantitative estimate of drug-likeness (QED) is 0.521. The number of carbonyl (C=O) groups excluding carboxylic acids is 1. The van der Waals surface area contributed by atoms with Crippen molar-refractivity contribution < 1.29 is 33.2 Å². The summed E-state index contributed by atoms with van der Waals surface area (Å²) in [5.74, 6) is 2.08. The van der Waals surface area contributed by atoms with Crippen LogP contribution in [0.25, 0.3) is 0 Å². The van der Waals surface area contributed by atoms with E-state index in [2.05, 4.69) is 4.99 Å². The molecule has 5 rings (SSSR count). The summed E-state index contributed by atoms with van der Waals surface area (Å²) in [5, 5.41) is 0. The summed E-state index contributed by atoms with van der Waals surface area (Å²) in [6.07, 6.45) is 1.74. The molecular weight excluding hydrogens is 414 g/mol. The van der Waals surface area contributed by atoms with E-state index in [9.17, 15) is 4.79 Å². The van der Waals surface area contributed by atoms with E-state index in [1.165, 1.54) is 0 Å². The van der Waals surface area contributed by atoms with Crippen molar-refractivity contribution >= 4 is 12.2 Å². The van der Waals surface area contributed by atoms with Crippen LogP contribution in [0.15, 0.2) is 29.3 Å². The third-order valence-corrected chi connectivity index (χ3v) is 6.51. The number of nitrogens with zero attached hydrogens (tertiary/aromatic N) is 1. The van der Waals surface area contributed by atoms with Crippen LogP contribution in [0.3, 0.4) is 0 Å². The third kappa shape index (κ3) is 2.97. The number of ether oxygens (including phenoxy) is 6. The number of esters is 1. The fourth-order valence-electron chi connectivity index (χ4n) is 5.18. The zero-order valence-electron chi connectivity index (χ0n) is 18.4. The van der Waals surface area contributed by atoms with Crippen LogP contribution in [0.5, 0.6) is 28.7 Å². The van der Waals surface area contributed by atoms with E-state index in [1.807, 2.05) is 31.2 Å². The van der Waals surface area contributed by atoms with Gasteiger partial charge in [-0.05, 0) is 54.1 Å². The number of aliphatic imine (C=N–C) groups is 1. The standard InChI is InChI=1S/C24H25NO7/c1-5-25-22-14-9-17-16(31-11-32-17)8-13(14)20(15-10-30-24(26)21(15)22)12-6-18(27-2)23(29-4)19(7-12)28-3/h5-9,15,20-22H,10-11H2,1-4H3. The lowest BCUT2D eigenvalue weighted by atomic mass is 9.65. The Morgan fingerprint density at radius 1 is 0.938 bits per heavy atom. The Kier molecular flexibility index (Phi) is 5.07. The number of hydrogen-bond acceptors (Lipinski definition) is 8. The number of benzene rings is 2. The molecule has 1 aliphatic carbocycles. The SMILES string of the molecule is CC=NC1c2cc3c(cc2C(c2cc(OC)c(OC)c(OC)c2)C2COC(=O)C12)OCO3. The molecular formula is C24H25NO7. The maximum Gasteiger partial charge on any atom is 0.311 e. The van der Waals surface area contributed by atoms with E-state index in [-0.39, 0.29) is 30.6 Å². The molecule has 0 radical (unpaired) electrons. The fraction of sp³-hybridized carbons (Fsp3) is 0.417. The lowest BCUT2D eigenvalue weighted by Crippen LogP contribution is -2.34. The van der Waals surface area contributed by atoms with Gasteiger partial charge in [-0.1, -0.05) is 0 Å². The molecule has 0 N–H and O–H groups in total. The van der Waals surface area contributed by atoms with Crippen LogP contribution in [0.1, 0.15) is 35.6 Å². The second kappa shape index (κ2) is 7.93. The Bertz CT molecular complexity index is 1070. The van der Waals surface area contributed by atoms with Crippen LogP contribution in [-0.2, 0) is 9.53 Å². The van der Waals surface area contributed by atoms with Crippen LogP contribution in [0, 0.1) is 11.8 Å². The van der Waals surface area contributed by atoms with E-state index in [0.29, 0.717) is 35.4 Å². The zero-order chi connectivity index (χ0) is 22.4. The molecule has 2 heterocycles. The molecule has 0 spiro atoms. The van der Waals surface area contributed by atoms with Crippen molar-refractivity contribution in [2.75, 3.05) is 34.7 Å². The second-order valence-electron chi connectivity index (χ2n) is 7.94. The van der Waals surface area contributed by atoms with Crippen LogP contribution < -0.4 is 23.7 Å². The molecule has 1 saturated heterocycles. The van der Waals surface area contributed by atoms with Gasteiger partial charge in [0.15, 0.2) is 23.0 Å². The molecule has 8 nitrogen and oxygen atoms in total. The summed E-state index contributed by atoms with van der Waals surface area (Å²) in [6.45, 7) is 2.34. The Hall–Kier alpha value is -3.42. The van der Waals surface area contributed by atoms with Crippen molar-refractivity contribution in [2.45, 2.75) is 18.9 Å². The van der Waals surface area contributed by atoms with E-state index < -0.39 is 5.92 Å². The van der Waals surface area contributed by atoms with E-state index in [4.69, 9.17) is 28.4 Å². The van der Waals surface area contributed by atoms with E-state index >= 15 is 0 Å². The minimum absolute atomic E-state index is 0.105. The normalized spacial score (nSPS) is 25.3. The molecule has 2 aromatic rings. The molecule has 2 aromatic carbocycles. The predicted molar refractivity (Wildman–Crippen MR) is 115 cm³/mol. The van der Waals surface area contributed by atoms with Gasteiger partial charge in [0, 0.05) is 11.8 Å². The Labute approximate surface area is 186 Å². The highest BCUT2D eigenvalue weighted by atomic mass is 16.7. The van der Waals surface area contributed by atoms with Gasteiger partial charge in [-0.3, -0.25) is 9.79 Å². The molecule has 0 saturated carbocycles. The Balaban J connectivity index is 1.75. The average Bonchev–Trinajstić information content (AvgIpc) is 3.43. The summed E-state index contributed by atoms with van der Waals surface area (Å²) in [6, 6.07) is 7.47. The van der Waals surface area contributed by atoms with Gasteiger partial charge in [0.05, 0.1) is 39.9 Å². The average molecular weight is 439 g/mol. The number of rotatable bonds is 5. The van der Waals surface area contributed by atoms with Gasteiger partial charge in [0.1, 0.15) is 0 Å². The van der Waals surface area contributed by atoms with Crippen LogP contribution in [0.2, 0.25) is 0 Å². The van der Waals surface area contributed by atoms with Gasteiger partial charge in [-0.2, -0.15) is 0 Å². The number of methoxy groups -OCH3 is 3. The minimum Gasteiger partial charge on any atom is -0.493 e. The molecule has 4 atom stereocenters. The lowest BCUT2D eigenvalue weighted by molar-refractivity contribution is -0.141. The molecule has 32 heavy (non-hydrogen) atoms. The molecule has 2 aliphatic heterocycles. The van der Waals surface area contributed by atoms with E-state index in [0.717, 1.165) is 16.7 Å². The number of hydrogen-bond donors (Lipinski definition) is 0. The Morgan fingerprint density at radius 2 is 1.59 bits per heavy atom. The molecule has 0 aromatic heterocycles. The molecule has 0 amide bonds. The lowest BCUT2D eigenvalue weighted by Gasteiger charge is -2.37. The molecule has 4 unspecified atom stereocenters. The fourth-order valence-corrected chi connectivity index (χ4v) is 5.18. The minimum atomic E-state index is -0.400. The van der Waals surface area contributed by atoms with Gasteiger partial charge in [-0.25, -0.2) is 0 Å². The molecule has 168 valence electrons. The van der Waals surface area contributed by atoms with Crippen molar-refractivity contribution in [3.8, 4) is 28.7 Å². The highest BCUT2D eigenvalue weighted by molar-refractivity contribution is 5.78. The number of cyclic esters (lactones) is 1. The molecule has 0 bridgehead atoms. The van der Waals surface area contributed by atoms with Crippen molar-refractivity contribution in [2.24, 2.45) is 16.8 Å². The largest absolute Gasteiger partial charge is 0.493 e. The van der Waals surface area contributed by atoms with Crippen LogP contribution in [0.4, 0.5) is 0 Å². The van der Waals surface area contributed by atoms with Gasteiger partial charge in [0.2, 0.25) is 12.5 Å². The van der Waals surface area contributed by atoms with Crippen molar-refractivity contribution in [1.82, 2.24) is 0 Å². The van der Waals surface area contributed by atoms with Crippen molar-refractivity contribution in [1.29, 1.82) is 0 Å². The Morgan fingerprint density at radius 3 is 2.19 bits per heavy atom. The monoisotopic (exact) mass is 439 g/mol. The first-order valence-electron chi connectivity index (χ1n) is 10.5. The first-order valence-corrected chi connectivity index (χ1v) is 10.5. The van der Waals surface area contributed by atoms with Crippen molar-refractivity contribution in [3.05, 3.63) is 41.0 Å². The van der Waals surface area contributed by atoms with Gasteiger partial charge < -0.3 is 28.4 Å². The van der Waals surface area contributed by atoms with Gasteiger partial charge in [0.25, 0.3) is 0 Å². The molecule has 8 heteroatoms. The highest BCUT2D eigenvalue weighted by Gasteiger charge is 2.52. The van der Waals surface area contributed by atoms with Crippen molar-refractivity contribution in [3.63, 3.8) is 0 Å². The summed E-state index contributed by atoms with van der Waals surface area (Å²) in [5.41, 5.74) is 2.90. The van der Waals surface area contributed by atoms with Gasteiger partial charge >= 0.3 is 5.97 Å². The third-order valence-electron chi connectivity index (χ3n) is 6.51. The molecule has 3 aliphatic rings. The van der Waals surface area contributed by atoms with Crippen LogP contribution in [-0.4, -0.2) is 46.9 Å². The first kappa shape index (κ1) is 20.5. The highest BCUT2D eigenvalue weighted by Crippen LogP contribution is 2.56. The summed E-state index contributed by atoms with van der Waals surface area (Å²) in [7, 11) is 4.75. The number of carbonyl (C=O) groups is 1. The predicted octanol–water partition coefficient (Wildman–Crippen LogP) is 3.51. The smallest absolute Gasteiger partial charge is 0.311 e. The zero-order valence-corrected chi connectivity index (χ0v) is 18.4. The summed E-state index contributed by atoms with van der Waals surface area (Å²) < 4.78 is 33.5. The maximum absolute atomic E-state index is 12.8. The maximum atomic E-state index is 12.8. The second-order valence-corrected chi connectivity index (χ2v) is 7.94. The molecule has 1 fully saturated rings. The number of fused-ring (bicyclic) bond motifs is 3. The van der Waals surface area contributed by atoms with Crippen LogP contribution >= 0.6 is 0 Å². The topological polar surface area (TPSA) is 84.8 Å². The summed E-state index contributed by atoms with van der Waals surface area (Å²) in [4.78, 5) is 17.5. The van der Waals surface area contributed by atoms with Gasteiger partial charge in [-0.15, -0.1) is 0 Å². The van der Waals surface area contributed by atoms with E-state index in [1.54, 1.807) is 27.5 Å².